The van der Waals surface area contributed by atoms with Crippen LogP contribution in [0.2, 0.25) is 0 Å². The van der Waals surface area contributed by atoms with E-state index in [2.05, 4.69) is 224 Å². The van der Waals surface area contributed by atoms with Crippen LogP contribution in [0.3, 0.4) is 0 Å². The molecule has 0 bridgehead atoms. The Hall–Kier alpha value is -8.66. The zero-order valence-corrected chi connectivity index (χ0v) is 35.9. The second-order valence-corrected chi connectivity index (χ2v) is 17.2. The second kappa shape index (κ2) is 15.3. The second-order valence-electron chi connectivity index (χ2n) is 17.2. The van der Waals surface area contributed by atoms with Crippen LogP contribution in [0, 0.1) is 0 Å². The molecule has 10 aromatic carbocycles. The van der Waals surface area contributed by atoms with E-state index < -0.39 is 5.41 Å². The van der Waals surface area contributed by atoms with Gasteiger partial charge in [-0.25, -0.2) is 9.97 Å². The van der Waals surface area contributed by atoms with Crippen molar-refractivity contribution in [2.45, 2.75) is 5.41 Å². The third-order valence-corrected chi connectivity index (χ3v) is 13.6. The lowest BCUT2D eigenvalue weighted by molar-refractivity contribution is 0.669. The van der Waals surface area contributed by atoms with Gasteiger partial charge in [0.1, 0.15) is 11.2 Å². The van der Waals surface area contributed by atoms with Crippen LogP contribution in [-0.2, 0) is 5.41 Å². The minimum absolute atomic E-state index is 0.539. The van der Waals surface area contributed by atoms with Crippen LogP contribution in [0.5, 0.6) is 0 Å². The average molecular weight is 841 g/mol. The molecule has 3 nitrogen and oxygen atoms in total. The Morgan fingerprint density at radius 2 is 0.864 bits per heavy atom. The minimum Gasteiger partial charge on any atom is -0.456 e. The van der Waals surface area contributed by atoms with Gasteiger partial charge in [0.2, 0.25) is 0 Å². The van der Waals surface area contributed by atoms with Crippen molar-refractivity contribution in [3.63, 3.8) is 0 Å². The summed E-state index contributed by atoms with van der Waals surface area (Å²) in [5.41, 5.74) is 17.7. The van der Waals surface area contributed by atoms with Crippen molar-refractivity contribution < 1.29 is 4.42 Å². The molecule has 0 spiro atoms. The fraction of sp³-hybridized carbons (Fsp3) is 0.0159. The van der Waals surface area contributed by atoms with Crippen LogP contribution in [0.1, 0.15) is 22.3 Å². The summed E-state index contributed by atoms with van der Waals surface area (Å²) in [6.45, 7) is 0. The number of hydrogen-bond acceptors (Lipinski definition) is 3. The molecule has 0 aliphatic heterocycles. The Kier molecular flexibility index (Phi) is 8.75. The molecule has 0 unspecified atom stereocenters. The highest BCUT2D eigenvalue weighted by molar-refractivity contribution is 6.13. The number of rotatable bonds is 7. The highest BCUT2D eigenvalue weighted by atomic mass is 16.3. The standard InChI is InChI=1S/C63H40N2O/c1-4-20-42(21-5-1)62-64-56(40-57(65-62)52-32-17-34-55-60(52)51-28-12-14-33-54(51)63(55,46-23-6-2-7-24-46)47-25-8-3-9-26-47)45-38-43(49-30-16-22-41-19-10-11-27-48(41)49)37-44(39-45)50-31-18-36-59-61(50)53-29-13-15-35-58(53)66-59/h1-40H. The molecule has 3 heteroatoms. The molecule has 0 radical (unpaired) electrons. The van der Waals surface area contributed by atoms with Crippen molar-refractivity contribution in [3.05, 3.63) is 265 Å². The number of benzene rings is 10. The molecule has 0 saturated carbocycles. The van der Waals surface area contributed by atoms with E-state index in [1.54, 1.807) is 0 Å². The molecule has 13 rings (SSSR count). The molecular weight excluding hydrogens is 801 g/mol. The van der Waals surface area contributed by atoms with Crippen LogP contribution in [0.15, 0.2) is 247 Å². The smallest absolute Gasteiger partial charge is 0.160 e. The fourth-order valence-electron chi connectivity index (χ4n) is 10.7. The van der Waals surface area contributed by atoms with Gasteiger partial charge in [-0.05, 0) is 103 Å². The van der Waals surface area contributed by atoms with Crippen molar-refractivity contribution >= 4 is 32.7 Å². The largest absolute Gasteiger partial charge is 0.456 e. The lowest BCUT2D eigenvalue weighted by Gasteiger charge is -2.33. The lowest BCUT2D eigenvalue weighted by Crippen LogP contribution is -2.28. The van der Waals surface area contributed by atoms with Crippen LogP contribution >= 0.6 is 0 Å². The van der Waals surface area contributed by atoms with E-state index in [1.807, 2.05) is 18.2 Å². The van der Waals surface area contributed by atoms with E-state index in [1.165, 1.54) is 44.2 Å². The van der Waals surface area contributed by atoms with Crippen LogP contribution in [-0.4, -0.2) is 9.97 Å². The molecule has 0 amide bonds. The lowest BCUT2D eigenvalue weighted by atomic mass is 9.67. The third-order valence-electron chi connectivity index (χ3n) is 13.6. The van der Waals surface area contributed by atoms with Gasteiger partial charge in [-0.1, -0.05) is 206 Å². The molecule has 12 aromatic rings. The Bertz CT molecular complexity index is 3770. The van der Waals surface area contributed by atoms with Crippen molar-refractivity contribution in [1.82, 2.24) is 9.97 Å². The van der Waals surface area contributed by atoms with Gasteiger partial charge in [-0.15, -0.1) is 0 Å². The van der Waals surface area contributed by atoms with Crippen molar-refractivity contribution in [3.8, 4) is 67.3 Å². The Balaban J connectivity index is 1.09. The Labute approximate surface area is 383 Å². The van der Waals surface area contributed by atoms with E-state index in [0.29, 0.717) is 5.82 Å². The number of furan rings is 1. The normalized spacial score (nSPS) is 12.7. The molecule has 1 aliphatic carbocycles. The summed E-state index contributed by atoms with van der Waals surface area (Å²) < 4.78 is 6.44. The van der Waals surface area contributed by atoms with Crippen LogP contribution in [0.25, 0.3) is 100.0 Å². The van der Waals surface area contributed by atoms with Gasteiger partial charge in [0.25, 0.3) is 0 Å². The summed E-state index contributed by atoms with van der Waals surface area (Å²) in [5.74, 6) is 0.671. The van der Waals surface area contributed by atoms with Gasteiger partial charge < -0.3 is 4.42 Å². The van der Waals surface area contributed by atoms with Gasteiger partial charge in [0.05, 0.1) is 16.8 Å². The highest BCUT2D eigenvalue weighted by Crippen LogP contribution is 2.58. The van der Waals surface area contributed by atoms with Gasteiger partial charge in [-0.2, -0.15) is 0 Å². The molecular formula is C63H40N2O. The number of hydrogen-bond donors (Lipinski definition) is 0. The first-order chi connectivity index (χ1) is 32.7. The van der Waals surface area contributed by atoms with Crippen LogP contribution < -0.4 is 0 Å². The molecule has 66 heavy (non-hydrogen) atoms. The van der Waals surface area contributed by atoms with Crippen LogP contribution in [0.4, 0.5) is 0 Å². The maximum absolute atomic E-state index is 6.44. The van der Waals surface area contributed by atoms with Gasteiger partial charge in [-0.3, -0.25) is 0 Å². The first kappa shape index (κ1) is 37.9. The molecule has 0 N–H and O–H groups in total. The summed E-state index contributed by atoms with van der Waals surface area (Å²) >= 11 is 0. The van der Waals surface area contributed by atoms with Crippen molar-refractivity contribution in [2.24, 2.45) is 0 Å². The van der Waals surface area contributed by atoms with Crippen molar-refractivity contribution in [2.75, 3.05) is 0 Å². The predicted molar refractivity (Wildman–Crippen MR) is 271 cm³/mol. The van der Waals surface area contributed by atoms with Gasteiger partial charge >= 0.3 is 0 Å². The fourth-order valence-corrected chi connectivity index (χ4v) is 10.7. The molecule has 308 valence electrons. The third kappa shape index (κ3) is 5.91. The van der Waals surface area contributed by atoms with E-state index >= 15 is 0 Å². The summed E-state index contributed by atoms with van der Waals surface area (Å²) in [5, 5.41) is 4.58. The molecule has 0 saturated heterocycles. The van der Waals surface area contributed by atoms with Gasteiger partial charge in [0, 0.05) is 27.5 Å². The van der Waals surface area contributed by atoms with E-state index in [-0.39, 0.29) is 0 Å². The summed E-state index contributed by atoms with van der Waals surface area (Å²) in [4.78, 5) is 11.0. The quantitative estimate of drug-likeness (QED) is 0.160. The molecule has 2 aromatic heterocycles. The zero-order chi connectivity index (χ0) is 43.6. The van der Waals surface area contributed by atoms with E-state index in [4.69, 9.17) is 14.4 Å². The summed E-state index contributed by atoms with van der Waals surface area (Å²) in [6, 6.07) is 87.0. The number of fused-ring (bicyclic) bond motifs is 7. The summed E-state index contributed by atoms with van der Waals surface area (Å²) in [6.07, 6.45) is 0. The van der Waals surface area contributed by atoms with E-state index in [9.17, 15) is 0 Å². The Morgan fingerprint density at radius 3 is 1.67 bits per heavy atom. The maximum Gasteiger partial charge on any atom is 0.160 e. The number of para-hydroxylation sites is 1. The first-order valence-corrected chi connectivity index (χ1v) is 22.6. The minimum atomic E-state index is -0.539. The zero-order valence-electron chi connectivity index (χ0n) is 35.9. The van der Waals surface area contributed by atoms with Crippen molar-refractivity contribution in [1.29, 1.82) is 0 Å². The SMILES string of the molecule is c1ccc(-c2nc(-c3cc(-c4cccc5ccccc45)cc(-c4cccc5oc6ccccc6c45)c3)cc(-c3cccc4c3-c3ccccc3C4(c3ccccc3)c3ccccc3)n2)cc1. The molecule has 1 aliphatic rings. The Morgan fingerprint density at radius 1 is 0.333 bits per heavy atom. The molecule has 2 heterocycles. The average Bonchev–Trinajstić information content (AvgIpc) is 3.93. The highest BCUT2D eigenvalue weighted by Gasteiger charge is 2.46. The maximum atomic E-state index is 6.44. The molecule has 0 fully saturated rings. The number of nitrogens with zero attached hydrogens (tertiary/aromatic N) is 2. The van der Waals surface area contributed by atoms with E-state index in [0.717, 1.165) is 72.3 Å². The van der Waals surface area contributed by atoms with Gasteiger partial charge in [0.15, 0.2) is 5.82 Å². The molecule has 0 atom stereocenters. The number of aromatic nitrogens is 2. The predicted octanol–water partition coefficient (Wildman–Crippen LogP) is 16.2. The summed E-state index contributed by atoms with van der Waals surface area (Å²) in [7, 11) is 0. The topological polar surface area (TPSA) is 38.9 Å². The first-order valence-electron chi connectivity index (χ1n) is 22.6. The monoisotopic (exact) mass is 840 g/mol.